The van der Waals surface area contributed by atoms with E-state index in [0.717, 1.165) is 0 Å². The van der Waals surface area contributed by atoms with E-state index < -0.39 is 34.0 Å². The molecule has 0 heterocycles. The van der Waals surface area contributed by atoms with Gasteiger partial charge < -0.3 is 10.1 Å². The van der Waals surface area contributed by atoms with Gasteiger partial charge in [0.05, 0.1) is 12.4 Å². The molecule has 0 aliphatic rings. The van der Waals surface area contributed by atoms with Crippen LogP contribution in [0.25, 0.3) is 0 Å². The fraction of sp³-hybridized carbons (Fsp3) is 0.579. The molecule has 0 unspecified atom stereocenters. The van der Waals surface area contributed by atoms with Crippen LogP contribution in [0.2, 0.25) is 0 Å². The molecule has 2 N–H and O–H groups in total. The minimum Gasteiger partial charge on any atom is -0.464 e. The Morgan fingerprint density at radius 1 is 1.03 bits per heavy atom. The summed E-state index contributed by atoms with van der Waals surface area (Å²) in [6.07, 6.45) is 4.52. The van der Waals surface area contributed by atoms with E-state index >= 15 is 0 Å². The van der Waals surface area contributed by atoms with Gasteiger partial charge in [0.2, 0.25) is 15.9 Å². The Labute approximate surface area is 182 Å². The van der Waals surface area contributed by atoms with Crippen molar-refractivity contribution < 1.29 is 22.7 Å². The third-order valence-corrected chi connectivity index (χ3v) is 6.59. The van der Waals surface area contributed by atoms with Crippen molar-refractivity contribution in [3.8, 4) is 0 Å². The van der Waals surface area contributed by atoms with E-state index in [4.69, 9.17) is 4.74 Å². The molecule has 0 spiro atoms. The standard InChI is InChI=1S/C19H30N2O5S3/c1-4-26-19(23)17(11-13-28-3)20-18(22)16(10-12-27-2)21-29(24,25)14-15-8-6-5-7-9-15/h5-9,16-17,21H,4,10-14H2,1-3H3,(H,20,22)/t16-,17+/m1/s1. The number of rotatable bonds is 14. The van der Waals surface area contributed by atoms with Crippen LogP contribution in [0.15, 0.2) is 30.3 Å². The molecule has 0 saturated carbocycles. The second-order valence-electron chi connectivity index (χ2n) is 6.29. The number of benzene rings is 1. The molecule has 164 valence electrons. The Hall–Kier alpha value is -1.23. The lowest BCUT2D eigenvalue weighted by molar-refractivity contribution is -0.147. The summed E-state index contributed by atoms with van der Waals surface area (Å²) in [6, 6.07) is 7.01. The summed E-state index contributed by atoms with van der Waals surface area (Å²) >= 11 is 3.07. The van der Waals surface area contributed by atoms with Gasteiger partial charge in [0.25, 0.3) is 0 Å². The molecule has 0 saturated heterocycles. The van der Waals surface area contributed by atoms with Crippen LogP contribution in [-0.2, 0) is 30.1 Å². The fourth-order valence-corrected chi connectivity index (χ4v) is 4.85. The first kappa shape index (κ1) is 25.8. The second-order valence-corrected chi connectivity index (χ2v) is 10.0. The van der Waals surface area contributed by atoms with Gasteiger partial charge in [0.15, 0.2) is 0 Å². The van der Waals surface area contributed by atoms with Gasteiger partial charge in [0.1, 0.15) is 12.1 Å². The molecule has 0 aliphatic carbocycles. The highest BCUT2D eigenvalue weighted by Crippen LogP contribution is 2.09. The van der Waals surface area contributed by atoms with Crippen molar-refractivity contribution in [3.63, 3.8) is 0 Å². The van der Waals surface area contributed by atoms with Gasteiger partial charge in [-0.1, -0.05) is 30.3 Å². The van der Waals surface area contributed by atoms with Crippen LogP contribution >= 0.6 is 23.5 Å². The lowest BCUT2D eigenvalue weighted by Gasteiger charge is -2.22. The highest BCUT2D eigenvalue weighted by molar-refractivity contribution is 7.98. The van der Waals surface area contributed by atoms with E-state index in [-0.39, 0.29) is 12.4 Å². The van der Waals surface area contributed by atoms with Gasteiger partial charge in [-0.2, -0.15) is 23.5 Å². The highest BCUT2D eigenvalue weighted by atomic mass is 32.2. The van der Waals surface area contributed by atoms with E-state index in [9.17, 15) is 18.0 Å². The van der Waals surface area contributed by atoms with E-state index in [2.05, 4.69) is 10.0 Å². The maximum Gasteiger partial charge on any atom is 0.328 e. The molecule has 2 atom stereocenters. The maximum absolute atomic E-state index is 12.8. The van der Waals surface area contributed by atoms with Crippen LogP contribution in [0.3, 0.4) is 0 Å². The zero-order valence-corrected chi connectivity index (χ0v) is 19.5. The summed E-state index contributed by atoms with van der Waals surface area (Å²) in [5.74, 6) is 0.0188. The van der Waals surface area contributed by atoms with E-state index in [1.54, 1.807) is 43.0 Å². The molecule has 7 nitrogen and oxygen atoms in total. The highest BCUT2D eigenvalue weighted by Gasteiger charge is 2.29. The number of sulfonamides is 1. The van der Waals surface area contributed by atoms with Gasteiger partial charge >= 0.3 is 5.97 Å². The maximum atomic E-state index is 12.8. The minimum absolute atomic E-state index is 0.212. The molecular formula is C19H30N2O5S3. The molecular weight excluding hydrogens is 432 g/mol. The summed E-state index contributed by atoms with van der Waals surface area (Å²) in [4.78, 5) is 25.0. The van der Waals surface area contributed by atoms with E-state index in [0.29, 0.717) is 29.9 Å². The molecule has 0 aliphatic heterocycles. The number of esters is 1. The van der Waals surface area contributed by atoms with Gasteiger partial charge in [-0.3, -0.25) is 4.79 Å². The predicted molar refractivity (Wildman–Crippen MR) is 121 cm³/mol. The normalized spacial score (nSPS) is 13.5. The van der Waals surface area contributed by atoms with Crippen molar-refractivity contribution in [2.75, 3.05) is 30.6 Å². The fourth-order valence-electron chi connectivity index (χ4n) is 2.53. The summed E-state index contributed by atoms with van der Waals surface area (Å²) < 4.78 is 32.7. The van der Waals surface area contributed by atoms with Crippen LogP contribution in [0.5, 0.6) is 0 Å². The zero-order chi connectivity index (χ0) is 21.7. The van der Waals surface area contributed by atoms with Crippen LogP contribution in [-0.4, -0.2) is 63.0 Å². The van der Waals surface area contributed by atoms with Crippen LogP contribution in [0, 0.1) is 0 Å². The topological polar surface area (TPSA) is 102 Å². The van der Waals surface area contributed by atoms with E-state index in [1.165, 1.54) is 11.8 Å². The van der Waals surface area contributed by atoms with Gasteiger partial charge in [0, 0.05) is 0 Å². The SMILES string of the molecule is CCOC(=O)[C@H](CCSC)NC(=O)[C@@H](CCSC)NS(=O)(=O)Cc1ccccc1. The molecule has 1 rings (SSSR count). The average Bonchev–Trinajstić information content (AvgIpc) is 2.68. The predicted octanol–water partition coefficient (Wildman–Crippen LogP) is 2.03. The Bertz CT molecular complexity index is 729. The van der Waals surface area contributed by atoms with Gasteiger partial charge in [-0.05, 0) is 49.3 Å². The number of carbonyl (C=O) groups is 2. The average molecular weight is 463 g/mol. The number of hydrogen-bond acceptors (Lipinski definition) is 7. The smallest absolute Gasteiger partial charge is 0.328 e. The quantitative estimate of drug-likeness (QED) is 0.408. The van der Waals surface area contributed by atoms with Crippen molar-refractivity contribution in [1.29, 1.82) is 0 Å². The van der Waals surface area contributed by atoms with Crippen molar-refractivity contribution in [1.82, 2.24) is 10.0 Å². The molecule has 1 amide bonds. The largest absolute Gasteiger partial charge is 0.464 e. The molecule has 0 radical (unpaired) electrons. The first-order valence-corrected chi connectivity index (χ1v) is 13.8. The van der Waals surface area contributed by atoms with Crippen molar-refractivity contribution in [3.05, 3.63) is 35.9 Å². The van der Waals surface area contributed by atoms with E-state index in [1.807, 2.05) is 18.6 Å². The number of ether oxygens (including phenoxy) is 1. The Kier molecular flexibility index (Phi) is 12.4. The number of nitrogens with one attached hydrogen (secondary N) is 2. The molecule has 0 aromatic heterocycles. The minimum atomic E-state index is -3.73. The van der Waals surface area contributed by atoms with Crippen LogP contribution in [0.1, 0.15) is 25.3 Å². The number of thioether (sulfide) groups is 2. The Morgan fingerprint density at radius 2 is 1.62 bits per heavy atom. The summed E-state index contributed by atoms with van der Waals surface area (Å²) in [5, 5.41) is 2.67. The van der Waals surface area contributed by atoms with Gasteiger partial charge in [-0.15, -0.1) is 0 Å². The third kappa shape index (κ3) is 10.4. The van der Waals surface area contributed by atoms with Crippen LogP contribution in [0.4, 0.5) is 0 Å². The summed E-state index contributed by atoms with van der Waals surface area (Å²) in [5.41, 5.74) is 0.633. The van der Waals surface area contributed by atoms with Crippen molar-refractivity contribution in [2.24, 2.45) is 0 Å². The van der Waals surface area contributed by atoms with Crippen LogP contribution < -0.4 is 10.0 Å². The first-order chi connectivity index (χ1) is 13.8. The molecule has 0 fully saturated rings. The molecule has 0 bridgehead atoms. The molecule has 1 aromatic carbocycles. The van der Waals surface area contributed by atoms with Gasteiger partial charge in [-0.25, -0.2) is 17.9 Å². The molecule has 1 aromatic rings. The first-order valence-electron chi connectivity index (χ1n) is 9.31. The number of hydrogen-bond donors (Lipinski definition) is 2. The lowest BCUT2D eigenvalue weighted by atomic mass is 10.1. The molecule has 29 heavy (non-hydrogen) atoms. The lowest BCUT2D eigenvalue weighted by Crippen LogP contribution is -2.52. The van der Waals surface area contributed by atoms with Crippen molar-refractivity contribution in [2.45, 2.75) is 37.6 Å². The number of amides is 1. The zero-order valence-electron chi connectivity index (χ0n) is 17.1. The van der Waals surface area contributed by atoms with Crippen molar-refractivity contribution >= 4 is 45.4 Å². The molecule has 10 heteroatoms. The Morgan fingerprint density at radius 3 is 2.17 bits per heavy atom. The Balaban J connectivity index is 2.87. The number of carbonyl (C=O) groups excluding carboxylic acids is 2. The third-order valence-electron chi connectivity index (χ3n) is 3.95. The summed E-state index contributed by atoms with van der Waals surface area (Å²) in [6.45, 7) is 1.91. The monoisotopic (exact) mass is 462 g/mol. The second kappa shape index (κ2) is 13.9. The summed E-state index contributed by atoms with van der Waals surface area (Å²) in [7, 11) is -3.73.